The van der Waals surface area contributed by atoms with E-state index in [1.807, 2.05) is 18.5 Å². The molecule has 0 radical (unpaired) electrons. The fourth-order valence-corrected chi connectivity index (χ4v) is 6.22. The highest BCUT2D eigenvalue weighted by molar-refractivity contribution is 7.08. The van der Waals surface area contributed by atoms with Gasteiger partial charge in [0.1, 0.15) is 11.2 Å². The summed E-state index contributed by atoms with van der Waals surface area (Å²) in [7, 11) is 0. The first-order valence-corrected chi connectivity index (χ1v) is 13.9. The number of nitrogens with zero attached hydrogens (tertiary/aromatic N) is 3. The number of hydrogen-bond donors (Lipinski definition) is 3. The summed E-state index contributed by atoms with van der Waals surface area (Å²) in [5.74, 6) is 0.825. The molecular weight excluding hydrogens is 476 g/mol. The molecule has 1 fully saturated rings. The number of benzene rings is 1. The van der Waals surface area contributed by atoms with Crippen LogP contribution in [-0.2, 0) is 6.54 Å². The van der Waals surface area contributed by atoms with Crippen LogP contribution in [0.2, 0.25) is 0 Å². The molecule has 1 aromatic carbocycles. The van der Waals surface area contributed by atoms with Gasteiger partial charge >= 0.3 is 0 Å². The van der Waals surface area contributed by atoms with Gasteiger partial charge in [0.05, 0.1) is 16.9 Å². The van der Waals surface area contributed by atoms with Crippen LogP contribution in [0.3, 0.4) is 0 Å². The molecular formula is C30H28N6S. The van der Waals surface area contributed by atoms with Crippen LogP contribution in [0.1, 0.15) is 31.2 Å². The molecule has 0 atom stereocenters. The van der Waals surface area contributed by atoms with Gasteiger partial charge in [-0.3, -0.25) is 10.1 Å². The third-order valence-electron chi connectivity index (χ3n) is 7.49. The molecule has 0 amide bonds. The van der Waals surface area contributed by atoms with Crippen molar-refractivity contribution in [1.29, 1.82) is 0 Å². The van der Waals surface area contributed by atoms with Crippen molar-refractivity contribution in [3.63, 3.8) is 0 Å². The maximum Gasteiger partial charge on any atom is 0.135 e. The molecule has 6 nitrogen and oxygen atoms in total. The Labute approximate surface area is 219 Å². The SMILES string of the molecule is c1cc(-c2ccsc2)c2cc(-c3n[nH]c4ccc(-c5cncc(CNCC6CCCC6)c5)nc34)[nH]c2c1. The average molecular weight is 505 g/mol. The third kappa shape index (κ3) is 4.34. The standard InChI is InChI=1S/C30H28N6S/c1-2-5-19(4-1)14-31-15-20-12-22(17-32-16-20)25-8-9-27-29(34-25)30(36-35-27)28-13-24-23(21-10-11-37-18-21)6-3-7-26(24)33-28/h3,6-13,16-19,31,33H,1-2,4-5,14-15H2,(H,35,36). The van der Waals surface area contributed by atoms with Crippen LogP contribution >= 0.6 is 11.3 Å². The highest BCUT2D eigenvalue weighted by atomic mass is 32.1. The average Bonchev–Trinajstić information content (AvgIpc) is 3.74. The Hall–Kier alpha value is -3.81. The Bertz CT molecular complexity index is 1670. The van der Waals surface area contributed by atoms with E-state index < -0.39 is 0 Å². The number of pyridine rings is 2. The van der Waals surface area contributed by atoms with Crippen molar-refractivity contribution in [3.05, 3.63) is 77.2 Å². The zero-order chi connectivity index (χ0) is 24.6. The molecule has 0 unspecified atom stereocenters. The van der Waals surface area contributed by atoms with Gasteiger partial charge in [-0.1, -0.05) is 25.0 Å². The van der Waals surface area contributed by atoms with Crippen LogP contribution in [0.25, 0.3) is 55.7 Å². The molecule has 37 heavy (non-hydrogen) atoms. The van der Waals surface area contributed by atoms with E-state index in [4.69, 9.17) is 4.98 Å². The van der Waals surface area contributed by atoms with Crippen LogP contribution in [0, 0.1) is 5.92 Å². The van der Waals surface area contributed by atoms with Crippen LogP contribution in [-0.4, -0.2) is 31.7 Å². The summed E-state index contributed by atoms with van der Waals surface area (Å²) in [6, 6.07) is 17.0. The summed E-state index contributed by atoms with van der Waals surface area (Å²) in [4.78, 5) is 13.1. The summed E-state index contributed by atoms with van der Waals surface area (Å²) in [6.45, 7) is 1.92. The molecule has 7 rings (SSSR count). The minimum atomic E-state index is 0.825. The highest BCUT2D eigenvalue weighted by Gasteiger charge is 2.16. The highest BCUT2D eigenvalue weighted by Crippen LogP contribution is 2.35. The Morgan fingerprint density at radius 3 is 2.81 bits per heavy atom. The van der Waals surface area contributed by atoms with E-state index in [1.54, 1.807) is 11.3 Å². The fourth-order valence-electron chi connectivity index (χ4n) is 5.56. The first-order valence-electron chi connectivity index (χ1n) is 13.0. The summed E-state index contributed by atoms with van der Waals surface area (Å²) < 4.78 is 0. The van der Waals surface area contributed by atoms with E-state index in [-0.39, 0.29) is 0 Å². The van der Waals surface area contributed by atoms with Gasteiger partial charge in [-0.2, -0.15) is 16.4 Å². The molecule has 7 heteroatoms. The van der Waals surface area contributed by atoms with Crippen molar-refractivity contribution in [1.82, 2.24) is 30.5 Å². The smallest absolute Gasteiger partial charge is 0.135 e. The first-order chi connectivity index (χ1) is 18.3. The molecule has 5 aromatic heterocycles. The number of rotatable bonds is 7. The molecule has 184 valence electrons. The Kier molecular flexibility index (Phi) is 5.79. The molecule has 0 bridgehead atoms. The Balaban J connectivity index is 1.20. The van der Waals surface area contributed by atoms with Crippen molar-refractivity contribution >= 4 is 33.3 Å². The number of H-pyrrole nitrogens is 2. The number of aromatic nitrogens is 5. The molecule has 0 saturated heterocycles. The monoisotopic (exact) mass is 504 g/mol. The predicted octanol–water partition coefficient (Wildman–Crippen LogP) is 7.18. The van der Waals surface area contributed by atoms with E-state index in [9.17, 15) is 0 Å². The lowest BCUT2D eigenvalue weighted by molar-refractivity contribution is 0.489. The molecule has 5 heterocycles. The van der Waals surface area contributed by atoms with Crippen molar-refractivity contribution < 1.29 is 0 Å². The molecule has 6 aromatic rings. The lowest BCUT2D eigenvalue weighted by Crippen LogP contribution is -2.20. The van der Waals surface area contributed by atoms with Crippen LogP contribution < -0.4 is 5.32 Å². The molecule has 0 aliphatic heterocycles. The van der Waals surface area contributed by atoms with Gasteiger partial charge in [-0.05, 0) is 89.2 Å². The topological polar surface area (TPSA) is 82.3 Å². The van der Waals surface area contributed by atoms with Crippen molar-refractivity contribution in [2.24, 2.45) is 5.92 Å². The van der Waals surface area contributed by atoms with Crippen LogP contribution in [0.15, 0.2) is 71.7 Å². The number of hydrogen-bond acceptors (Lipinski definition) is 5. The van der Waals surface area contributed by atoms with Gasteiger partial charge in [0.15, 0.2) is 0 Å². The first kappa shape index (κ1) is 22.4. The van der Waals surface area contributed by atoms with Gasteiger partial charge in [0, 0.05) is 35.4 Å². The van der Waals surface area contributed by atoms with Crippen molar-refractivity contribution in [2.45, 2.75) is 32.2 Å². The lowest BCUT2D eigenvalue weighted by Gasteiger charge is -2.11. The quantitative estimate of drug-likeness (QED) is 0.215. The summed E-state index contributed by atoms with van der Waals surface area (Å²) in [5.41, 5.74) is 10.2. The second kappa shape index (κ2) is 9.57. The lowest BCUT2D eigenvalue weighted by atomic mass is 10.0. The van der Waals surface area contributed by atoms with Gasteiger partial charge in [0.25, 0.3) is 0 Å². The van der Waals surface area contributed by atoms with E-state index in [0.29, 0.717) is 0 Å². The maximum absolute atomic E-state index is 5.04. The summed E-state index contributed by atoms with van der Waals surface area (Å²) in [5, 5.41) is 16.9. The third-order valence-corrected chi connectivity index (χ3v) is 8.17. The summed E-state index contributed by atoms with van der Waals surface area (Å²) >= 11 is 1.71. The number of thiophene rings is 1. The number of nitrogens with one attached hydrogen (secondary N) is 3. The molecule has 3 N–H and O–H groups in total. The van der Waals surface area contributed by atoms with E-state index in [2.05, 4.69) is 78.7 Å². The second-order valence-corrected chi connectivity index (χ2v) is 10.8. The number of fused-ring (bicyclic) bond motifs is 2. The molecule has 1 saturated carbocycles. The van der Waals surface area contributed by atoms with E-state index >= 15 is 0 Å². The van der Waals surface area contributed by atoms with Gasteiger partial charge in [-0.25, -0.2) is 4.98 Å². The van der Waals surface area contributed by atoms with Crippen molar-refractivity contribution in [2.75, 3.05) is 6.54 Å². The molecule has 0 spiro atoms. The van der Waals surface area contributed by atoms with Crippen LogP contribution in [0.5, 0.6) is 0 Å². The van der Waals surface area contributed by atoms with E-state index in [0.717, 1.165) is 58.2 Å². The number of aromatic amines is 2. The molecule has 1 aliphatic carbocycles. The zero-order valence-electron chi connectivity index (χ0n) is 20.5. The van der Waals surface area contributed by atoms with Gasteiger partial charge < -0.3 is 10.3 Å². The normalized spacial score (nSPS) is 14.3. The van der Waals surface area contributed by atoms with Crippen LogP contribution in [0.4, 0.5) is 0 Å². The second-order valence-electron chi connectivity index (χ2n) is 9.99. The Morgan fingerprint density at radius 1 is 0.973 bits per heavy atom. The van der Waals surface area contributed by atoms with Gasteiger partial charge in [-0.15, -0.1) is 0 Å². The zero-order valence-corrected chi connectivity index (χ0v) is 21.3. The molecule has 1 aliphatic rings. The minimum absolute atomic E-state index is 0.825. The van der Waals surface area contributed by atoms with Gasteiger partial charge in [0.2, 0.25) is 0 Å². The van der Waals surface area contributed by atoms with E-state index in [1.165, 1.54) is 47.8 Å². The van der Waals surface area contributed by atoms with Crippen molar-refractivity contribution in [3.8, 4) is 33.8 Å². The Morgan fingerprint density at radius 2 is 1.92 bits per heavy atom. The minimum Gasteiger partial charge on any atom is -0.353 e. The fraction of sp³-hybridized carbons (Fsp3) is 0.233. The predicted molar refractivity (Wildman–Crippen MR) is 151 cm³/mol. The summed E-state index contributed by atoms with van der Waals surface area (Å²) in [6.07, 6.45) is 9.30. The largest absolute Gasteiger partial charge is 0.353 e. The maximum atomic E-state index is 5.04.